The number of benzene rings is 1. The topological polar surface area (TPSA) is 80.9 Å². The second-order valence-electron chi connectivity index (χ2n) is 3.37. The van der Waals surface area contributed by atoms with Crippen molar-refractivity contribution in [3.05, 3.63) is 44.9 Å². The summed E-state index contributed by atoms with van der Waals surface area (Å²) in [6, 6.07) is 3.63. The van der Waals surface area contributed by atoms with E-state index in [-0.39, 0.29) is 24.0 Å². The van der Waals surface area contributed by atoms with Crippen LogP contribution in [0.15, 0.2) is 27.8 Å². The smallest absolute Gasteiger partial charge is 0.328 e. The zero-order chi connectivity index (χ0) is 11.7. The van der Waals surface area contributed by atoms with Gasteiger partial charge in [-0.2, -0.15) is 0 Å². The number of nitrogens with zero attached hydrogens (tertiary/aromatic N) is 1. The van der Waals surface area contributed by atoms with Crippen molar-refractivity contribution in [3.63, 3.8) is 0 Å². The van der Waals surface area contributed by atoms with Crippen LogP contribution in [0, 0.1) is 5.82 Å². The average molecular weight is 223 g/mol. The third-order valence-electron chi connectivity index (χ3n) is 2.30. The summed E-state index contributed by atoms with van der Waals surface area (Å²) in [6.07, 6.45) is 0. The van der Waals surface area contributed by atoms with Crippen molar-refractivity contribution in [2.75, 3.05) is 6.54 Å². The Morgan fingerprint density at radius 3 is 2.81 bits per heavy atom. The quantitative estimate of drug-likeness (QED) is 0.739. The molecule has 2 aromatic rings. The predicted molar refractivity (Wildman–Crippen MR) is 57.8 cm³/mol. The molecule has 0 spiro atoms. The summed E-state index contributed by atoms with van der Waals surface area (Å²) in [5, 5.41) is 0.273. The molecule has 0 unspecified atom stereocenters. The third-order valence-corrected chi connectivity index (χ3v) is 2.30. The summed E-state index contributed by atoms with van der Waals surface area (Å²) in [4.78, 5) is 25.7. The maximum Gasteiger partial charge on any atom is 0.328 e. The molecular weight excluding hydrogens is 213 g/mol. The van der Waals surface area contributed by atoms with Gasteiger partial charge in [0.05, 0.1) is 10.9 Å². The molecule has 2 rings (SSSR count). The summed E-state index contributed by atoms with van der Waals surface area (Å²) < 4.78 is 13.9. The van der Waals surface area contributed by atoms with E-state index in [9.17, 15) is 14.0 Å². The molecule has 84 valence electrons. The van der Waals surface area contributed by atoms with Crippen LogP contribution in [0.2, 0.25) is 0 Å². The van der Waals surface area contributed by atoms with Crippen molar-refractivity contribution in [2.24, 2.45) is 5.73 Å². The fourth-order valence-electron chi connectivity index (χ4n) is 1.56. The summed E-state index contributed by atoms with van der Waals surface area (Å²) in [6.45, 7) is 0.331. The van der Waals surface area contributed by atoms with Crippen molar-refractivity contribution in [3.8, 4) is 0 Å². The van der Waals surface area contributed by atoms with E-state index < -0.39 is 17.1 Å². The second-order valence-corrected chi connectivity index (χ2v) is 3.37. The lowest BCUT2D eigenvalue weighted by molar-refractivity contribution is 0.626. The molecule has 6 heteroatoms. The van der Waals surface area contributed by atoms with Gasteiger partial charge >= 0.3 is 5.69 Å². The lowest BCUT2D eigenvalue weighted by Gasteiger charge is -2.04. The highest BCUT2D eigenvalue weighted by molar-refractivity contribution is 5.77. The summed E-state index contributed by atoms with van der Waals surface area (Å²) >= 11 is 0. The minimum atomic E-state index is -0.575. The number of aromatic amines is 1. The highest BCUT2D eigenvalue weighted by Gasteiger charge is 2.07. The lowest BCUT2D eigenvalue weighted by Crippen LogP contribution is -2.37. The molecule has 0 amide bonds. The van der Waals surface area contributed by atoms with Crippen molar-refractivity contribution in [1.82, 2.24) is 9.55 Å². The maximum absolute atomic E-state index is 12.9. The van der Waals surface area contributed by atoms with E-state index in [0.29, 0.717) is 0 Å². The molecule has 0 fully saturated rings. The number of aromatic nitrogens is 2. The number of nitrogens with two attached hydrogens (primary N) is 1. The molecule has 1 heterocycles. The molecule has 0 aliphatic carbocycles. The van der Waals surface area contributed by atoms with Gasteiger partial charge in [0, 0.05) is 13.1 Å². The van der Waals surface area contributed by atoms with Crippen molar-refractivity contribution in [2.45, 2.75) is 6.54 Å². The average Bonchev–Trinajstić information content (AvgIpc) is 2.23. The number of hydrogen-bond donors (Lipinski definition) is 2. The molecule has 0 aliphatic rings. The normalized spacial score (nSPS) is 10.9. The molecule has 0 bridgehead atoms. The Labute approximate surface area is 89.3 Å². The van der Waals surface area contributed by atoms with E-state index in [4.69, 9.17) is 5.73 Å². The van der Waals surface area contributed by atoms with Gasteiger partial charge in [-0.25, -0.2) is 9.18 Å². The maximum atomic E-state index is 12.9. The molecule has 0 aliphatic heterocycles. The first-order valence-corrected chi connectivity index (χ1v) is 4.76. The molecular formula is C10H10FN3O2. The van der Waals surface area contributed by atoms with E-state index in [1.807, 2.05) is 0 Å². The second kappa shape index (κ2) is 3.90. The monoisotopic (exact) mass is 223 g/mol. The number of rotatable bonds is 2. The highest BCUT2D eigenvalue weighted by atomic mass is 19.1. The van der Waals surface area contributed by atoms with Gasteiger partial charge in [-0.1, -0.05) is 0 Å². The standard InChI is InChI=1S/C10H10FN3O2/c11-6-1-2-7-8(5-6)13-10(16)14(4-3-12)9(7)15/h1-2,5H,3-4,12H2,(H,13,16). The van der Waals surface area contributed by atoms with Crippen LogP contribution in [0.25, 0.3) is 10.9 Å². The lowest BCUT2D eigenvalue weighted by atomic mass is 10.2. The van der Waals surface area contributed by atoms with Gasteiger partial charge in [-0.3, -0.25) is 9.36 Å². The fourth-order valence-corrected chi connectivity index (χ4v) is 1.56. The highest BCUT2D eigenvalue weighted by Crippen LogP contribution is 2.06. The summed E-state index contributed by atoms with van der Waals surface area (Å²) in [5.41, 5.74) is 4.46. The van der Waals surface area contributed by atoms with Gasteiger partial charge in [-0.15, -0.1) is 0 Å². The van der Waals surface area contributed by atoms with Crippen molar-refractivity contribution < 1.29 is 4.39 Å². The Morgan fingerprint density at radius 1 is 1.38 bits per heavy atom. The van der Waals surface area contributed by atoms with E-state index in [2.05, 4.69) is 4.98 Å². The zero-order valence-corrected chi connectivity index (χ0v) is 8.37. The van der Waals surface area contributed by atoms with E-state index in [1.165, 1.54) is 12.1 Å². The fraction of sp³-hybridized carbons (Fsp3) is 0.200. The Balaban J connectivity index is 2.84. The van der Waals surface area contributed by atoms with Gasteiger partial charge in [-0.05, 0) is 18.2 Å². The van der Waals surface area contributed by atoms with Crippen LogP contribution < -0.4 is 17.0 Å². The van der Waals surface area contributed by atoms with Gasteiger partial charge in [0.25, 0.3) is 5.56 Å². The van der Waals surface area contributed by atoms with Gasteiger partial charge in [0.15, 0.2) is 0 Å². The number of halogens is 1. The predicted octanol–water partition coefficient (Wildman–Crippen LogP) is -0.212. The minimum Gasteiger partial charge on any atom is -0.329 e. The first-order chi connectivity index (χ1) is 7.63. The third kappa shape index (κ3) is 1.63. The van der Waals surface area contributed by atoms with Gasteiger partial charge < -0.3 is 10.7 Å². The number of H-pyrrole nitrogens is 1. The largest absolute Gasteiger partial charge is 0.329 e. The summed E-state index contributed by atoms with van der Waals surface area (Å²) in [5.74, 6) is -0.501. The first-order valence-electron chi connectivity index (χ1n) is 4.76. The van der Waals surface area contributed by atoms with E-state index >= 15 is 0 Å². The van der Waals surface area contributed by atoms with Crippen LogP contribution in [-0.2, 0) is 6.54 Å². The Hall–Kier alpha value is -1.95. The molecule has 3 N–H and O–H groups in total. The zero-order valence-electron chi connectivity index (χ0n) is 8.37. The molecule has 1 aromatic carbocycles. The summed E-state index contributed by atoms with van der Waals surface area (Å²) in [7, 11) is 0. The van der Waals surface area contributed by atoms with Crippen LogP contribution in [0.1, 0.15) is 0 Å². The van der Waals surface area contributed by atoms with E-state index in [1.54, 1.807) is 0 Å². The van der Waals surface area contributed by atoms with Gasteiger partial charge in [0.1, 0.15) is 5.82 Å². The van der Waals surface area contributed by atoms with E-state index in [0.717, 1.165) is 10.6 Å². The number of hydrogen-bond acceptors (Lipinski definition) is 3. The van der Waals surface area contributed by atoms with Gasteiger partial charge in [0.2, 0.25) is 0 Å². The van der Waals surface area contributed by atoms with Crippen LogP contribution in [0.4, 0.5) is 4.39 Å². The van der Waals surface area contributed by atoms with Crippen LogP contribution >= 0.6 is 0 Å². The molecule has 0 atom stereocenters. The Kier molecular flexibility index (Phi) is 2.57. The molecule has 5 nitrogen and oxygen atoms in total. The number of fused-ring (bicyclic) bond motifs is 1. The van der Waals surface area contributed by atoms with Crippen molar-refractivity contribution >= 4 is 10.9 Å². The SMILES string of the molecule is NCCn1c(=O)[nH]c2cc(F)ccc2c1=O. The molecule has 1 aromatic heterocycles. The van der Waals surface area contributed by atoms with Crippen LogP contribution in [-0.4, -0.2) is 16.1 Å². The minimum absolute atomic E-state index is 0.140. The molecule has 0 saturated carbocycles. The van der Waals surface area contributed by atoms with Crippen molar-refractivity contribution in [1.29, 1.82) is 0 Å². The Bertz CT molecular complexity index is 645. The molecule has 0 radical (unpaired) electrons. The molecule has 0 saturated heterocycles. The van der Waals surface area contributed by atoms with Crippen LogP contribution in [0.5, 0.6) is 0 Å². The Morgan fingerprint density at radius 2 is 2.12 bits per heavy atom. The number of nitrogens with one attached hydrogen (secondary N) is 1. The first kappa shape index (κ1) is 10.6. The van der Waals surface area contributed by atoms with Crippen LogP contribution in [0.3, 0.4) is 0 Å². The molecule has 16 heavy (non-hydrogen) atoms.